The normalized spacial score (nSPS) is 10.2. The first-order chi connectivity index (χ1) is 9.08. The van der Waals surface area contributed by atoms with Crippen molar-refractivity contribution in [3.05, 3.63) is 64.4 Å². The van der Waals surface area contributed by atoms with Crippen LogP contribution in [0.1, 0.15) is 15.9 Å². The van der Waals surface area contributed by atoms with E-state index in [1.165, 1.54) is 12.1 Å². The highest BCUT2D eigenvalue weighted by molar-refractivity contribution is 6.30. The van der Waals surface area contributed by atoms with Gasteiger partial charge in [0.05, 0.1) is 0 Å². The third-order valence-corrected chi connectivity index (χ3v) is 2.84. The first-order valence-electron chi connectivity index (χ1n) is 5.58. The smallest absolute Gasteiger partial charge is 0.258 e. The number of aromatic hydroxyl groups is 1. The molecule has 0 aliphatic heterocycles. The van der Waals surface area contributed by atoms with Crippen molar-refractivity contribution in [1.29, 1.82) is 0 Å². The Labute approximate surface area is 114 Å². The highest BCUT2D eigenvalue weighted by Gasteiger charge is 2.15. The maximum atomic E-state index is 13.4. The highest BCUT2D eigenvalue weighted by Crippen LogP contribution is 2.19. The maximum Gasteiger partial charge on any atom is 0.258 e. The van der Waals surface area contributed by atoms with Crippen LogP contribution in [0.3, 0.4) is 0 Å². The largest absolute Gasteiger partial charge is 0.507 e. The molecule has 0 aliphatic rings. The second-order valence-electron chi connectivity index (χ2n) is 3.94. The molecule has 5 heteroatoms. The Bertz CT molecular complexity index is 579. The number of amides is 1. The molecule has 0 saturated carbocycles. The fourth-order valence-corrected chi connectivity index (χ4v) is 1.74. The van der Waals surface area contributed by atoms with Crippen molar-refractivity contribution in [3.63, 3.8) is 0 Å². The van der Waals surface area contributed by atoms with Gasteiger partial charge in [-0.05, 0) is 29.8 Å². The summed E-state index contributed by atoms with van der Waals surface area (Å²) in [4.78, 5) is 11.8. The monoisotopic (exact) mass is 279 g/mol. The Kier molecular flexibility index (Phi) is 4.02. The SMILES string of the molecule is O=C(NCc1ccc(Cl)cc1)c1c(O)cccc1F. The molecule has 0 atom stereocenters. The van der Waals surface area contributed by atoms with Crippen LogP contribution in [0.5, 0.6) is 5.75 Å². The molecule has 1 amide bonds. The van der Waals surface area contributed by atoms with Crippen LogP contribution in [0.4, 0.5) is 4.39 Å². The van der Waals surface area contributed by atoms with Gasteiger partial charge in [-0.15, -0.1) is 0 Å². The molecule has 0 spiro atoms. The Morgan fingerprint density at radius 3 is 2.53 bits per heavy atom. The first-order valence-corrected chi connectivity index (χ1v) is 5.96. The van der Waals surface area contributed by atoms with E-state index >= 15 is 0 Å². The van der Waals surface area contributed by atoms with Crippen molar-refractivity contribution < 1.29 is 14.3 Å². The molecule has 0 bridgehead atoms. The van der Waals surface area contributed by atoms with Crippen LogP contribution >= 0.6 is 11.6 Å². The summed E-state index contributed by atoms with van der Waals surface area (Å²) in [6.45, 7) is 0.226. The van der Waals surface area contributed by atoms with Gasteiger partial charge in [0, 0.05) is 11.6 Å². The zero-order valence-corrected chi connectivity index (χ0v) is 10.6. The lowest BCUT2D eigenvalue weighted by atomic mass is 10.1. The molecule has 2 aromatic rings. The van der Waals surface area contributed by atoms with E-state index in [2.05, 4.69) is 5.32 Å². The third-order valence-electron chi connectivity index (χ3n) is 2.59. The first kappa shape index (κ1) is 13.4. The van der Waals surface area contributed by atoms with Gasteiger partial charge in [-0.25, -0.2) is 4.39 Å². The van der Waals surface area contributed by atoms with Crippen molar-refractivity contribution >= 4 is 17.5 Å². The van der Waals surface area contributed by atoms with Gasteiger partial charge in [0.25, 0.3) is 5.91 Å². The molecule has 3 nitrogen and oxygen atoms in total. The number of carbonyl (C=O) groups excluding carboxylic acids is 1. The predicted octanol–water partition coefficient (Wildman–Crippen LogP) is 3.11. The molecule has 0 saturated heterocycles. The van der Waals surface area contributed by atoms with Crippen LogP contribution in [-0.2, 0) is 6.54 Å². The number of nitrogens with one attached hydrogen (secondary N) is 1. The summed E-state index contributed by atoms with van der Waals surface area (Å²) in [6.07, 6.45) is 0. The molecule has 0 heterocycles. The molecule has 2 rings (SSSR count). The lowest BCUT2D eigenvalue weighted by Gasteiger charge is -2.07. The quantitative estimate of drug-likeness (QED) is 0.907. The van der Waals surface area contributed by atoms with E-state index in [1.54, 1.807) is 24.3 Å². The van der Waals surface area contributed by atoms with E-state index in [-0.39, 0.29) is 17.9 Å². The van der Waals surface area contributed by atoms with Crippen molar-refractivity contribution in [1.82, 2.24) is 5.32 Å². The molecule has 19 heavy (non-hydrogen) atoms. The lowest BCUT2D eigenvalue weighted by Crippen LogP contribution is -2.23. The summed E-state index contributed by atoms with van der Waals surface area (Å²) in [5.41, 5.74) is 0.477. The molecule has 0 fully saturated rings. The van der Waals surface area contributed by atoms with E-state index in [1.807, 2.05) is 0 Å². The Hall–Kier alpha value is -2.07. The Balaban J connectivity index is 2.07. The average molecular weight is 280 g/mol. The second-order valence-corrected chi connectivity index (χ2v) is 4.38. The summed E-state index contributed by atoms with van der Waals surface area (Å²) in [6, 6.07) is 10.6. The fraction of sp³-hybridized carbons (Fsp3) is 0.0714. The van der Waals surface area contributed by atoms with Gasteiger partial charge in [0.1, 0.15) is 17.1 Å². The van der Waals surface area contributed by atoms with Crippen LogP contribution in [0.15, 0.2) is 42.5 Å². The van der Waals surface area contributed by atoms with Gasteiger partial charge in [0.15, 0.2) is 0 Å². The number of benzene rings is 2. The number of hydrogen-bond acceptors (Lipinski definition) is 2. The van der Waals surface area contributed by atoms with Crippen molar-refractivity contribution in [2.75, 3.05) is 0 Å². The van der Waals surface area contributed by atoms with Gasteiger partial charge in [0.2, 0.25) is 0 Å². The highest BCUT2D eigenvalue weighted by atomic mass is 35.5. The van der Waals surface area contributed by atoms with E-state index in [0.29, 0.717) is 5.02 Å². The van der Waals surface area contributed by atoms with Gasteiger partial charge >= 0.3 is 0 Å². The maximum absolute atomic E-state index is 13.4. The molecular formula is C14H11ClFNO2. The molecule has 2 aromatic carbocycles. The standard InChI is InChI=1S/C14H11ClFNO2/c15-10-6-4-9(5-7-10)8-17-14(19)13-11(16)2-1-3-12(13)18/h1-7,18H,8H2,(H,17,19). The number of rotatable bonds is 3. The van der Waals surface area contributed by atoms with Crippen LogP contribution in [-0.4, -0.2) is 11.0 Å². The molecule has 0 aliphatic carbocycles. The van der Waals surface area contributed by atoms with E-state index in [0.717, 1.165) is 11.6 Å². The zero-order chi connectivity index (χ0) is 13.8. The minimum absolute atomic E-state index is 0.226. The van der Waals surface area contributed by atoms with Crippen LogP contribution < -0.4 is 5.32 Å². The van der Waals surface area contributed by atoms with Gasteiger partial charge in [-0.2, -0.15) is 0 Å². The fourth-order valence-electron chi connectivity index (χ4n) is 1.61. The van der Waals surface area contributed by atoms with Crippen molar-refractivity contribution in [3.8, 4) is 5.75 Å². The summed E-state index contributed by atoms with van der Waals surface area (Å²) in [5.74, 6) is -1.80. The lowest BCUT2D eigenvalue weighted by molar-refractivity contribution is 0.0944. The minimum Gasteiger partial charge on any atom is -0.507 e. The Morgan fingerprint density at radius 2 is 1.89 bits per heavy atom. The van der Waals surface area contributed by atoms with Crippen molar-refractivity contribution in [2.45, 2.75) is 6.54 Å². The van der Waals surface area contributed by atoms with Crippen LogP contribution in [0.2, 0.25) is 5.02 Å². The molecule has 0 radical (unpaired) electrons. The minimum atomic E-state index is -0.756. The van der Waals surface area contributed by atoms with Crippen LogP contribution in [0.25, 0.3) is 0 Å². The third kappa shape index (κ3) is 3.23. The predicted molar refractivity (Wildman–Crippen MR) is 70.7 cm³/mol. The number of hydrogen-bond donors (Lipinski definition) is 2. The molecule has 0 unspecified atom stereocenters. The second kappa shape index (κ2) is 5.71. The number of phenols is 1. The van der Waals surface area contributed by atoms with E-state index < -0.39 is 11.7 Å². The molecule has 2 N–H and O–H groups in total. The summed E-state index contributed by atoms with van der Waals surface area (Å²) in [5, 5.41) is 12.6. The molecule has 0 aromatic heterocycles. The Morgan fingerprint density at radius 1 is 1.21 bits per heavy atom. The molecular weight excluding hydrogens is 269 g/mol. The topological polar surface area (TPSA) is 49.3 Å². The van der Waals surface area contributed by atoms with Gasteiger partial charge in [-0.3, -0.25) is 4.79 Å². The van der Waals surface area contributed by atoms with Gasteiger partial charge in [-0.1, -0.05) is 29.8 Å². The number of phenolic OH excluding ortho intramolecular Hbond substituents is 1. The summed E-state index contributed by atoms with van der Waals surface area (Å²) in [7, 11) is 0. The van der Waals surface area contributed by atoms with E-state index in [4.69, 9.17) is 11.6 Å². The summed E-state index contributed by atoms with van der Waals surface area (Å²) >= 11 is 5.74. The van der Waals surface area contributed by atoms with E-state index in [9.17, 15) is 14.3 Å². The van der Waals surface area contributed by atoms with Crippen molar-refractivity contribution in [2.24, 2.45) is 0 Å². The number of carbonyl (C=O) groups is 1. The summed E-state index contributed by atoms with van der Waals surface area (Å²) < 4.78 is 13.4. The van der Waals surface area contributed by atoms with Crippen LogP contribution in [0, 0.1) is 5.82 Å². The number of halogens is 2. The average Bonchev–Trinajstić information content (AvgIpc) is 2.38. The van der Waals surface area contributed by atoms with Gasteiger partial charge < -0.3 is 10.4 Å². The molecule has 98 valence electrons. The zero-order valence-electron chi connectivity index (χ0n) is 9.86.